The predicted octanol–water partition coefficient (Wildman–Crippen LogP) is 3.99. The third kappa shape index (κ3) is 3.25. The van der Waals surface area contributed by atoms with Gasteiger partial charge in [-0.25, -0.2) is 9.37 Å². The van der Waals surface area contributed by atoms with Gasteiger partial charge in [-0.1, -0.05) is 15.9 Å². The molecule has 1 aromatic carbocycles. The van der Waals surface area contributed by atoms with Crippen molar-refractivity contribution >= 4 is 21.6 Å². The highest BCUT2D eigenvalue weighted by Gasteiger charge is 2.11. The Labute approximate surface area is 116 Å². The maximum atomic E-state index is 13.2. The zero-order chi connectivity index (χ0) is 14.0. The van der Waals surface area contributed by atoms with E-state index in [4.69, 9.17) is 4.74 Å². The molecule has 0 radical (unpaired) electrons. The highest BCUT2D eigenvalue weighted by molar-refractivity contribution is 9.10. The van der Waals surface area contributed by atoms with Crippen LogP contribution in [0.5, 0.6) is 11.6 Å². The summed E-state index contributed by atoms with van der Waals surface area (Å²) in [5.74, 6) is 0.00312. The molecule has 7 heteroatoms. The van der Waals surface area contributed by atoms with Gasteiger partial charge in [-0.2, -0.15) is 0 Å². The van der Waals surface area contributed by atoms with Gasteiger partial charge in [-0.15, -0.1) is 0 Å². The molecule has 0 bridgehead atoms. The van der Waals surface area contributed by atoms with Crippen LogP contribution in [-0.2, 0) is 0 Å². The number of pyridine rings is 1. The van der Waals surface area contributed by atoms with E-state index in [1.165, 1.54) is 18.2 Å². The average molecular weight is 327 g/mol. The Bertz CT molecular complexity index is 629. The van der Waals surface area contributed by atoms with Crippen LogP contribution in [0.15, 0.2) is 34.9 Å². The second-order valence-electron chi connectivity index (χ2n) is 3.78. The Morgan fingerprint density at radius 1 is 1.37 bits per heavy atom. The number of benzene rings is 1. The SMILES string of the molecule is Cc1cc([N+](=O)[O-])cnc1Oc1cc(F)cc(Br)c1. The van der Waals surface area contributed by atoms with Gasteiger partial charge in [0, 0.05) is 22.2 Å². The molecule has 19 heavy (non-hydrogen) atoms. The Morgan fingerprint density at radius 3 is 2.68 bits per heavy atom. The van der Waals surface area contributed by atoms with E-state index < -0.39 is 10.7 Å². The van der Waals surface area contributed by atoms with E-state index in [-0.39, 0.29) is 17.3 Å². The summed E-state index contributed by atoms with van der Waals surface area (Å²) < 4.78 is 19.1. The number of hydrogen-bond donors (Lipinski definition) is 0. The van der Waals surface area contributed by atoms with E-state index in [2.05, 4.69) is 20.9 Å². The number of rotatable bonds is 3. The van der Waals surface area contributed by atoms with Crippen LogP contribution in [0.4, 0.5) is 10.1 Å². The minimum absolute atomic E-state index is 0.120. The predicted molar refractivity (Wildman–Crippen MR) is 69.8 cm³/mol. The van der Waals surface area contributed by atoms with Crippen molar-refractivity contribution < 1.29 is 14.1 Å². The van der Waals surface area contributed by atoms with E-state index in [9.17, 15) is 14.5 Å². The Morgan fingerprint density at radius 2 is 2.11 bits per heavy atom. The number of aryl methyl sites for hydroxylation is 1. The lowest BCUT2D eigenvalue weighted by atomic mass is 10.3. The van der Waals surface area contributed by atoms with E-state index in [0.717, 1.165) is 6.20 Å². The first-order valence-corrected chi connectivity index (χ1v) is 6.00. The van der Waals surface area contributed by atoms with Crippen molar-refractivity contribution in [1.82, 2.24) is 4.98 Å². The molecule has 2 aromatic rings. The lowest BCUT2D eigenvalue weighted by Gasteiger charge is -2.07. The maximum absolute atomic E-state index is 13.2. The summed E-state index contributed by atoms with van der Waals surface area (Å²) in [5.41, 5.74) is 0.375. The summed E-state index contributed by atoms with van der Waals surface area (Å²) >= 11 is 3.15. The molecule has 0 atom stereocenters. The number of ether oxygens (including phenoxy) is 1. The van der Waals surface area contributed by atoms with Crippen LogP contribution >= 0.6 is 15.9 Å². The van der Waals surface area contributed by atoms with Gasteiger partial charge >= 0.3 is 0 Å². The molecule has 0 spiro atoms. The van der Waals surface area contributed by atoms with Gasteiger partial charge in [0.2, 0.25) is 5.88 Å². The van der Waals surface area contributed by atoms with Crippen LogP contribution in [0.1, 0.15) is 5.56 Å². The largest absolute Gasteiger partial charge is 0.439 e. The maximum Gasteiger partial charge on any atom is 0.288 e. The van der Waals surface area contributed by atoms with Crippen LogP contribution in [0.25, 0.3) is 0 Å². The molecule has 0 amide bonds. The molecule has 0 unspecified atom stereocenters. The number of halogens is 2. The van der Waals surface area contributed by atoms with Gasteiger partial charge < -0.3 is 4.74 Å². The molecule has 2 rings (SSSR count). The first kappa shape index (κ1) is 13.4. The van der Waals surface area contributed by atoms with Crippen LogP contribution in [0.3, 0.4) is 0 Å². The molecule has 0 saturated carbocycles. The zero-order valence-electron chi connectivity index (χ0n) is 9.76. The highest BCUT2D eigenvalue weighted by atomic mass is 79.9. The molecule has 0 saturated heterocycles. The van der Waals surface area contributed by atoms with Gasteiger partial charge in [0.05, 0.1) is 4.92 Å². The lowest BCUT2D eigenvalue weighted by molar-refractivity contribution is -0.385. The quantitative estimate of drug-likeness (QED) is 0.631. The van der Waals surface area contributed by atoms with Crippen molar-refractivity contribution in [2.24, 2.45) is 0 Å². The third-order valence-corrected chi connectivity index (χ3v) is 2.74. The Hall–Kier alpha value is -2.02. The molecule has 5 nitrogen and oxygen atoms in total. The monoisotopic (exact) mass is 326 g/mol. The molecule has 0 aliphatic rings. The zero-order valence-corrected chi connectivity index (χ0v) is 11.3. The standard InChI is InChI=1S/C12H8BrFN2O3/c1-7-2-10(16(17)18)6-15-12(7)19-11-4-8(13)3-9(14)5-11/h2-6H,1H3. The summed E-state index contributed by atoms with van der Waals surface area (Å²) in [7, 11) is 0. The molecule has 1 heterocycles. The average Bonchev–Trinajstić information content (AvgIpc) is 2.30. The van der Waals surface area contributed by atoms with Gasteiger partial charge in [-0.3, -0.25) is 10.1 Å². The van der Waals surface area contributed by atoms with Crippen molar-refractivity contribution in [1.29, 1.82) is 0 Å². The number of nitro groups is 1. The smallest absolute Gasteiger partial charge is 0.288 e. The van der Waals surface area contributed by atoms with Gasteiger partial charge in [0.15, 0.2) is 0 Å². The number of hydrogen-bond acceptors (Lipinski definition) is 4. The second-order valence-corrected chi connectivity index (χ2v) is 4.70. The topological polar surface area (TPSA) is 65.3 Å². The number of nitrogens with zero attached hydrogens (tertiary/aromatic N) is 2. The van der Waals surface area contributed by atoms with Crippen molar-refractivity contribution in [2.45, 2.75) is 6.92 Å². The fraction of sp³-hybridized carbons (Fsp3) is 0.0833. The fourth-order valence-electron chi connectivity index (χ4n) is 1.45. The molecular weight excluding hydrogens is 319 g/mol. The van der Waals surface area contributed by atoms with Crippen LogP contribution in [0, 0.1) is 22.9 Å². The third-order valence-electron chi connectivity index (χ3n) is 2.28. The fourth-order valence-corrected chi connectivity index (χ4v) is 1.90. The van der Waals surface area contributed by atoms with Gasteiger partial charge in [-0.05, 0) is 19.1 Å². The van der Waals surface area contributed by atoms with Crippen molar-refractivity contribution in [2.75, 3.05) is 0 Å². The molecule has 1 aromatic heterocycles. The number of aromatic nitrogens is 1. The van der Waals surface area contributed by atoms with E-state index in [1.54, 1.807) is 13.0 Å². The second kappa shape index (κ2) is 5.31. The molecule has 98 valence electrons. The minimum Gasteiger partial charge on any atom is -0.439 e. The normalized spacial score (nSPS) is 10.3. The molecule has 0 aliphatic carbocycles. The van der Waals surface area contributed by atoms with Crippen molar-refractivity contribution in [3.63, 3.8) is 0 Å². The molecule has 0 aliphatic heterocycles. The Kier molecular flexibility index (Phi) is 3.75. The molecule has 0 N–H and O–H groups in total. The Balaban J connectivity index is 2.30. The van der Waals surface area contributed by atoms with Crippen molar-refractivity contribution in [3.05, 3.63) is 56.4 Å². The van der Waals surface area contributed by atoms with Crippen LogP contribution in [-0.4, -0.2) is 9.91 Å². The van der Waals surface area contributed by atoms with Crippen LogP contribution < -0.4 is 4.74 Å². The highest BCUT2D eigenvalue weighted by Crippen LogP contribution is 2.28. The van der Waals surface area contributed by atoms with Gasteiger partial charge in [0.1, 0.15) is 17.8 Å². The van der Waals surface area contributed by atoms with Crippen molar-refractivity contribution in [3.8, 4) is 11.6 Å². The minimum atomic E-state index is -0.539. The lowest BCUT2D eigenvalue weighted by Crippen LogP contribution is -1.95. The summed E-state index contributed by atoms with van der Waals surface area (Å²) in [5, 5.41) is 10.6. The van der Waals surface area contributed by atoms with E-state index in [1.807, 2.05) is 0 Å². The summed E-state index contributed by atoms with van der Waals surface area (Å²) in [6.45, 7) is 1.63. The first-order chi connectivity index (χ1) is 8.95. The summed E-state index contributed by atoms with van der Waals surface area (Å²) in [4.78, 5) is 13.9. The van der Waals surface area contributed by atoms with E-state index in [0.29, 0.717) is 10.0 Å². The first-order valence-electron chi connectivity index (χ1n) is 5.20. The summed E-state index contributed by atoms with van der Waals surface area (Å²) in [6.07, 6.45) is 1.09. The molecular formula is C12H8BrFN2O3. The van der Waals surface area contributed by atoms with E-state index >= 15 is 0 Å². The molecule has 0 fully saturated rings. The van der Waals surface area contributed by atoms with Gasteiger partial charge in [0.25, 0.3) is 5.69 Å². The summed E-state index contributed by atoms with van der Waals surface area (Å²) in [6, 6.07) is 5.42. The van der Waals surface area contributed by atoms with Crippen LogP contribution in [0.2, 0.25) is 0 Å².